The molecule has 5 nitrogen and oxygen atoms in total. The van der Waals surface area contributed by atoms with Crippen molar-refractivity contribution in [1.29, 1.82) is 0 Å². The summed E-state index contributed by atoms with van der Waals surface area (Å²) < 4.78 is 10.8. The van der Waals surface area contributed by atoms with Gasteiger partial charge in [0.25, 0.3) is 0 Å². The van der Waals surface area contributed by atoms with Crippen LogP contribution in [0.3, 0.4) is 0 Å². The molecule has 0 saturated heterocycles. The molecule has 0 aliphatic heterocycles. The van der Waals surface area contributed by atoms with Gasteiger partial charge in [-0.1, -0.05) is 18.2 Å². The predicted molar refractivity (Wildman–Crippen MR) is 70.2 cm³/mol. The van der Waals surface area contributed by atoms with E-state index in [0.717, 1.165) is 0 Å². The Morgan fingerprint density at radius 2 is 1.95 bits per heavy atom. The number of carboxylic acids is 1. The summed E-state index contributed by atoms with van der Waals surface area (Å²) in [5.74, 6) is -0.630. The van der Waals surface area contributed by atoms with Gasteiger partial charge >= 0.3 is 5.97 Å². The van der Waals surface area contributed by atoms with E-state index in [9.17, 15) is 15.0 Å². The van der Waals surface area contributed by atoms with Crippen LogP contribution in [0, 0.1) is 0 Å². The fourth-order valence-electron chi connectivity index (χ4n) is 1.58. The Balaban J connectivity index is 3.02. The molecule has 0 aliphatic carbocycles. The van der Waals surface area contributed by atoms with Gasteiger partial charge in [-0.05, 0) is 26.8 Å². The Morgan fingerprint density at radius 1 is 1.32 bits per heavy atom. The summed E-state index contributed by atoms with van der Waals surface area (Å²) in [5.41, 5.74) is 0.448. The zero-order valence-electron chi connectivity index (χ0n) is 11.4. The molecule has 1 aromatic rings. The fraction of sp³-hybridized carbons (Fsp3) is 0.500. The zero-order valence-corrected chi connectivity index (χ0v) is 11.4. The SMILES string of the molecule is CCOc1ccccc1C(OC(C)C(C)O)C(=O)O. The van der Waals surface area contributed by atoms with Crippen LogP contribution in [-0.4, -0.2) is 35.0 Å². The summed E-state index contributed by atoms with van der Waals surface area (Å²) >= 11 is 0. The van der Waals surface area contributed by atoms with Crippen LogP contribution >= 0.6 is 0 Å². The van der Waals surface area contributed by atoms with Crippen molar-refractivity contribution >= 4 is 5.97 Å². The van der Waals surface area contributed by atoms with Crippen molar-refractivity contribution < 1.29 is 24.5 Å². The van der Waals surface area contributed by atoms with Crippen molar-refractivity contribution in [2.45, 2.75) is 39.1 Å². The third-order valence-electron chi connectivity index (χ3n) is 2.76. The summed E-state index contributed by atoms with van der Waals surface area (Å²) in [5, 5.41) is 18.7. The molecule has 0 bridgehead atoms. The van der Waals surface area contributed by atoms with Gasteiger partial charge < -0.3 is 19.7 Å². The molecule has 2 N–H and O–H groups in total. The lowest BCUT2D eigenvalue weighted by Crippen LogP contribution is -2.28. The third kappa shape index (κ3) is 4.22. The minimum absolute atomic E-state index is 0.440. The first-order valence-electron chi connectivity index (χ1n) is 6.25. The highest BCUT2D eigenvalue weighted by molar-refractivity contribution is 5.75. The zero-order chi connectivity index (χ0) is 14.4. The van der Waals surface area contributed by atoms with Gasteiger partial charge in [0.05, 0.1) is 18.8 Å². The maximum Gasteiger partial charge on any atom is 0.337 e. The summed E-state index contributed by atoms with van der Waals surface area (Å²) in [6, 6.07) is 6.85. The molecule has 0 fully saturated rings. The van der Waals surface area contributed by atoms with E-state index >= 15 is 0 Å². The standard InChI is InChI=1S/C14H20O5/c1-4-18-12-8-6-5-7-11(12)13(14(16)17)19-10(3)9(2)15/h5-10,13,15H,4H2,1-3H3,(H,16,17). The number of benzene rings is 1. The molecule has 3 unspecified atom stereocenters. The lowest BCUT2D eigenvalue weighted by Gasteiger charge is -2.23. The molecule has 1 rings (SSSR count). The van der Waals surface area contributed by atoms with Gasteiger partial charge in [0.2, 0.25) is 0 Å². The minimum atomic E-state index is -1.16. The molecular weight excluding hydrogens is 248 g/mol. The molecule has 0 spiro atoms. The second-order valence-electron chi connectivity index (χ2n) is 4.27. The van der Waals surface area contributed by atoms with Crippen molar-refractivity contribution in [2.75, 3.05) is 6.61 Å². The maximum absolute atomic E-state index is 11.4. The molecule has 0 amide bonds. The van der Waals surface area contributed by atoms with E-state index in [1.165, 1.54) is 0 Å². The van der Waals surface area contributed by atoms with Gasteiger partial charge in [0.1, 0.15) is 5.75 Å². The maximum atomic E-state index is 11.4. The topological polar surface area (TPSA) is 76.0 Å². The summed E-state index contributed by atoms with van der Waals surface area (Å²) in [6.07, 6.45) is -2.50. The second kappa shape index (κ2) is 7.11. The highest BCUT2D eigenvalue weighted by Crippen LogP contribution is 2.29. The van der Waals surface area contributed by atoms with Crippen LogP contribution in [0.5, 0.6) is 5.75 Å². The van der Waals surface area contributed by atoms with Crippen LogP contribution in [0.4, 0.5) is 0 Å². The van der Waals surface area contributed by atoms with Crippen molar-refractivity contribution in [1.82, 2.24) is 0 Å². The summed E-state index contributed by atoms with van der Waals surface area (Å²) in [4.78, 5) is 11.4. The fourth-order valence-corrected chi connectivity index (χ4v) is 1.58. The molecule has 3 atom stereocenters. The molecule has 0 saturated carbocycles. The van der Waals surface area contributed by atoms with Gasteiger partial charge in [-0.3, -0.25) is 0 Å². The molecule has 106 valence electrons. The normalized spacial score (nSPS) is 15.6. The second-order valence-corrected chi connectivity index (χ2v) is 4.27. The van der Waals surface area contributed by atoms with Crippen molar-refractivity contribution in [3.05, 3.63) is 29.8 Å². The number of carboxylic acid groups (broad SMARTS) is 1. The van der Waals surface area contributed by atoms with E-state index in [0.29, 0.717) is 17.9 Å². The molecule has 0 radical (unpaired) electrons. The first-order chi connectivity index (χ1) is 8.97. The van der Waals surface area contributed by atoms with E-state index in [1.807, 2.05) is 6.92 Å². The Labute approximate surface area is 112 Å². The number of carbonyl (C=O) groups is 1. The molecule has 5 heteroatoms. The molecule has 19 heavy (non-hydrogen) atoms. The Morgan fingerprint density at radius 3 is 2.47 bits per heavy atom. The predicted octanol–water partition coefficient (Wildman–Crippen LogP) is 2.00. The average Bonchev–Trinajstić information content (AvgIpc) is 2.36. The van der Waals surface area contributed by atoms with Crippen LogP contribution < -0.4 is 4.74 Å². The first kappa shape index (κ1) is 15.5. The van der Waals surface area contributed by atoms with E-state index in [-0.39, 0.29) is 0 Å². The Bertz CT molecular complexity index is 416. The summed E-state index contributed by atoms with van der Waals surface area (Å²) in [7, 11) is 0. The molecule has 0 heterocycles. The van der Waals surface area contributed by atoms with Gasteiger partial charge in [0.15, 0.2) is 6.10 Å². The third-order valence-corrected chi connectivity index (χ3v) is 2.76. The molecule has 0 aromatic heterocycles. The van der Waals surface area contributed by atoms with Gasteiger partial charge in [-0.15, -0.1) is 0 Å². The van der Waals surface area contributed by atoms with E-state index in [2.05, 4.69) is 0 Å². The summed E-state index contributed by atoms with van der Waals surface area (Å²) in [6.45, 7) is 5.45. The van der Waals surface area contributed by atoms with E-state index < -0.39 is 24.3 Å². The van der Waals surface area contributed by atoms with Crippen LogP contribution in [-0.2, 0) is 9.53 Å². The molecular formula is C14H20O5. The van der Waals surface area contributed by atoms with Crippen LogP contribution in [0.25, 0.3) is 0 Å². The lowest BCUT2D eigenvalue weighted by atomic mass is 10.1. The number of aliphatic hydroxyl groups excluding tert-OH is 1. The number of hydrogen-bond acceptors (Lipinski definition) is 4. The first-order valence-corrected chi connectivity index (χ1v) is 6.25. The average molecular weight is 268 g/mol. The van der Waals surface area contributed by atoms with Gasteiger partial charge in [-0.25, -0.2) is 4.79 Å². The Kier molecular flexibility index (Phi) is 5.79. The van der Waals surface area contributed by atoms with Gasteiger partial charge in [-0.2, -0.15) is 0 Å². The largest absolute Gasteiger partial charge is 0.493 e. The number of para-hydroxylation sites is 1. The van der Waals surface area contributed by atoms with Crippen LogP contribution in [0.1, 0.15) is 32.4 Å². The minimum Gasteiger partial charge on any atom is -0.493 e. The number of aliphatic hydroxyl groups is 1. The molecule has 0 aliphatic rings. The van der Waals surface area contributed by atoms with Crippen LogP contribution in [0.15, 0.2) is 24.3 Å². The number of rotatable bonds is 7. The van der Waals surface area contributed by atoms with Gasteiger partial charge in [0, 0.05) is 5.56 Å². The monoisotopic (exact) mass is 268 g/mol. The number of ether oxygens (including phenoxy) is 2. The van der Waals surface area contributed by atoms with Crippen molar-refractivity contribution in [3.8, 4) is 5.75 Å². The number of hydrogen-bond donors (Lipinski definition) is 2. The van der Waals surface area contributed by atoms with E-state index in [1.54, 1.807) is 38.1 Å². The molecule has 1 aromatic carbocycles. The van der Waals surface area contributed by atoms with E-state index in [4.69, 9.17) is 9.47 Å². The van der Waals surface area contributed by atoms with Crippen LogP contribution in [0.2, 0.25) is 0 Å². The Hall–Kier alpha value is -1.59. The highest BCUT2D eigenvalue weighted by Gasteiger charge is 2.27. The quantitative estimate of drug-likeness (QED) is 0.791. The van der Waals surface area contributed by atoms with Crippen molar-refractivity contribution in [3.63, 3.8) is 0 Å². The smallest absolute Gasteiger partial charge is 0.337 e. The highest BCUT2D eigenvalue weighted by atomic mass is 16.5. The lowest BCUT2D eigenvalue weighted by molar-refractivity contribution is -0.158. The van der Waals surface area contributed by atoms with Crippen molar-refractivity contribution in [2.24, 2.45) is 0 Å². The number of aliphatic carboxylic acids is 1.